The van der Waals surface area contributed by atoms with E-state index in [1.54, 1.807) is 24.3 Å². The van der Waals surface area contributed by atoms with Crippen molar-refractivity contribution in [2.75, 3.05) is 12.0 Å². The first-order chi connectivity index (χ1) is 10.5. The van der Waals surface area contributed by atoms with E-state index < -0.39 is 29.7 Å². The number of hydrogen-bond acceptors (Lipinski definition) is 5. The summed E-state index contributed by atoms with van der Waals surface area (Å²) in [5.74, 6) is -1.16. The number of anilines is 1. The number of nitrogens with zero attached hydrogens (tertiary/aromatic N) is 2. The average Bonchev–Trinajstić information content (AvgIpc) is 2.98. The van der Waals surface area contributed by atoms with E-state index in [1.165, 1.54) is 7.11 Å². The van der Waals surface area contributed by atoms with Gasteiger partial charge in [-0.15, -0.1) is 0 Å². The van der Waals surface area contributed by atoms with Crippen molar-refractivity contribution in [3.05, 3.63) is 24.3 Å². The summed E-state index contributed by atoms with van der Waals surface area (Å²) in [7, 11) is 1.52. The largest absolute Gasteiger partial charge is 0.497 e. The van der Waals surface area contributed by atoms with Gasteiger partial charge in [0, 0.05) is 12.8 Å². The molecule has 0 N–H and O–H groups in total. The number of carbonyl (C=O) groups is 4. The number of benzene rings is 1. The van der Waals surface area contributed by atoms with Gasteiger partial charge in [0.25, 0.3) is 5.91 Å². The predicted molar refractivity (Wildman–Crippen MR) is 75.0 cm³/mol. The first-order valence-electron chi connectivity index (χ1n) is 6.88. The zero-order valence-electron chi connectivity index (χ0n) is 11.9. The molecule has 22 heavy (non-hydrogen) atoms. The zero-order valence-corrected chi connectivity index (χ0v) is 11.9. The molecule has 0 spiro atoms. The summed E-state index contributed by atoms with van der Waals surface area (Å²) in [6.07, 6.45) is 0.0288. The third-order valence-electron chi connectivity index (χ3n) is 3.86. The third kappa shape index (κ3) is 2.14. The Kier molecular flexibility index (Phi) is 3.40. The van der Waals surface area contributed by atoms with Gasteiger partial charge in [-0.3, -0.25) is 24.1 Å². The summed E-state index contributed by atoms with van der Waals surface area (Å²) in [6, 6.07) is 5.43. The number of hydrogen-bond donors (Lipinski definition) is 0. The van der Waals surface area contributed by atoms with Crippen molar-refractivity contribution in [2.24, 2.45) is 0 Å². The Hall–Kier alpha value is -2.70. The molecule has 0 aliphatic carbocycles. The maximum Gasteiger partial charge on any atom is 0.257 e. The Labute approximate surface area is 126 Å². The number of rotatable bonds is 3. The first kappa shape index (κ1) is 14.2. The number of imide groups is 2. The molecule has 3 rings (SSSR count). The molecule has 1 unspecified atom stereocenters. The van der Waals surface area contributed by atoms with Crippen molar-refractivity contribution < 1.29 is 23.9 Å². The van der Waals surface area contributed by atoms with Crippen LogP contribution >= 0.6 is 0 Å². The normalized spacial score (nSPS) is 22.0. The van der Waals surface area contributed by atoms with Crippen molar-refractivity contribution in [3.8, 4) is 5.75 Å². The molecular formula is C15H14N2O5. The minimum atomic E-state index is -1.02. The van der Waals surface area contributed by atoms with Crippen LogP contribution in [0.4, 0.5) is 5.69 Å². The second-order valence-electron chi connectivity index (χ2n) is 5.14. The van der Waals surface area contributed by atoms with E-state index >= 15 is 0 Å². The highest BCUT2D eigenvalue weighted by molar-refractivity contribution is 6.24. The average molecular weight is 302 g/mol. The van der Waals surface area contributed by atoms with Crippen LogP contribution in [-0.2, 0) is 19.2 Å². The van der Waals surface area contributed by atoms with E-state index in [9.17, 15) is 19.2 Å². The second-order valence-corrected chi connectivity index (χ2v) is 5.14. The second kappa shape index (κ2) is 5.25. The van der Waals surface area contributed by atoms with Gasteiger partial charge in [0.15, 0.2) is 0 Å². The molecule has 7 nitrogen and oxygen atoms in total. The zero-order chi connectivity index (χ0) is 15.9. The molecule has 1 atom stereocenters. The van der Waals surface area contributed by atoms with Crippen LogP contribution in [0.1, 0.15) is 19.3 Å². The van der Waals surface area contributed by atoms with E-state index in [2.05, 4.69) is 0 Å². The fourth-order valence-corrected chi connectivity index (χ4v) is 2.76. The molecule has 7 heteroatoms. The highest BCUT2D eigenvalue weighted by Gasteiger charge is 2.48. The Morgan fingerprint density at radius 2 is 1.55 bits per heavy atom. The summed E-state index contributed by atoms with van der Waals surface area (Å²) in [6.45, 7) is 0. The fraction of sp³-hybridized carbons (Fsp3) is 0.333. The van der Waals surface area contributed by atoms with Crippen LogP contribution in [0.2, 0.25) is 0 Å². The monoisotopic (exact) mass is 302 g/mol. The maximum absolute atomic E-state index is 12.5. The van der Waals surface area contributed by atoms with Crippen LogP contribution in [0, 0.1) is 0 Å². The molecule has 2 saturated heterocycles. The quantitative estimate of drug-likeness (QED) is 0.758. The lowest BCUT2D eigenvalue weighted by molar-refractivity contribution is -0.144. The molecular weight excluding hydrogens is 288 g/mol. The lowest BCUT2D eigenvalue weighted by Gasteiger charge is -2.20. The van der Waals surface area contributed by atoms with Gasteiger partial charge in [-0.25, -0.2) is 4.90 Å². The molecule has 0 aromatic heterocycles. The summed E-state index contributed by atoms with van der Waals surface area (Å²) in [4.78, 5) is 50.1. The lowest BCUT2D eigenvalue weighted by Crippen LogP contribution is -2.44. The summed E-state index contributed by atoms with van der Waals surface area (Å²) >= 11 is 0. The molecule has 4 amide bonds. The molecule has 0 bridgehead atoms. The van der Waals surface area contributed by atoms with Crippen LogP contribution in [0.5, 0.6) is 5.75 Å². The van der Waals surface area contributed by atoms with Crippen molar-refractivity contribution in [2.45, 2.75) is 25.3 Å². The number of likely N-dealkylation sites (tertiary alicyclic amines) is 1. The Morgan fingerprint density at radius 3 is 2.09 bits per heavy atom. The van der Waals surface area contributed by atoms with Gasteiger partial charge in [-0.05, 0) is 24.3 Å². The summed E-state index contributed by atoms with van der Waals surface area (Å²) < 4.78 is 5.03. The molecule has 2 aliphatic heterocycles. The van der Waals surface area contributed by atoms with Crippen LogP contribution in [0.3, 0.4) is 0 Å². The summed E-state index contributed by atoms with van der Waals surface area (Å²) in [5.41, 5.74) is 0.400. The van der Waals surface area contributed by atoms with E-state index in [1.807, 2.05) is 0 Å². The SMILES string of the molecule is COc1ccc(N2C(=O)CC(N3C(=O)CCC3=O)C2=O)cc1. The Bertz CT molecular complexity index is 651. The molecule has 1 aromatic rings. The molecule has 2 fully saturated rings. The van der Waals surface area contributed by atoms with Crippen LogP contribution < -0.4 is 9.64 Å². The van der Waals surface area contributed by atoms with Crippen LogP contribution in [-0.4, -0.2) is 41.7 Å². The van der Waals surface area contributed by atoms with Crippen molar-refractivity contribution >= 4 is 29.3 Å². The van der Waals surface area contributed by atoms with Crippen molar-refractivity contribution in [3.63, 3.8) is 0 Å². The van der Waals surface area contributed by atoms with Gasteiger partial charge in [0.05, 0.1) is 19.2 Å². The van der Waals surface area contributed by atoms with E-state index in [0.29, 0.717) is 11.4 Å². The number of methoxy groups -OCH3 is 1. The molecule has 2 aliphatic rings. The van der Waals surface area contributed by atoms with Gasteiger partial charge < -0.3 is 4.74 Å². The Morgan fingerprint density at radius 1 is 0.955 bits per heavy atom. The minimum Gasteiger partial charge on any atom is -0.497 e. The van der Waals surface area contributed by atoms with Gasteiger partial charge in [0.1, 0.15) is 11.8 Å². The van der Waals surface area contributed by atoms with E-state index in [0.717, 1.165) is 9.80 Å². The van der Waals surface area contributed by atoms with Gasteiger partial charge >= 0.3 is 0 Å². The van der Waals surface area contributed by atoms with E-state index in [-0.39, 0.29) is 19.3 Å². The highest BCUT2D eigenvalue weighted by Crippen LogP contribution is 2.29. The molecule has 114 valence electrons. The number of carbonyl (C=O) groups excluding carboxylic acids is 4. The summed E-state index contributed by atoms with van der Waals surface area (Å²) in [5, 5.41) is 0. The molecule has 0 saturated carbocycles. The van der Waals surface area contributed by atoms with Crippen LogP contribution in [0.15, 0.2) is 24.3 Å². The molecule has 0 radical (unpaired) electrons. The first-order valence-corrected chi connectivity index (χ1v) is 6.88. The smallest absolute Gasteiger partial charge is 0.257 e. The Balaban J connectivity index is 1.88. The van der Waals surface area contributed by atoms with Crippen molar-refractivity contribution in [1.82, 2.24) is 4.90 Å². The maximum atomic E-state index is 12.5. The third-order valence-corrected chi connectivity index (χ3v) is 3.86. The molecule has 2 heterocycles. The van der Waals surface area contributed by atoms with E-state index in [4.69, 9.17) is 4.74 Å². The topological polar surface area (TPSA) is 84.0 Å². The van der Waals surface area contributed by atoms with Crippen molar-refractivity contribution in [1.29, 1.82) is 0 Å². The van der Waals surface area contributed by atoms with Gasteiger partial charge in [0.2, 0.25) is 17.7 Å². The standard InChI is InChI=1S/C15H14N2O5/c1-22-10-4-2-9(3-5-10)16-14(20)8-11(15(16)21)17-12(18)6-7-13(17)19/h2-5,11H,6-8H2,1H3. The number of ether oxygens (including phenoxy) is 1. The fourth-order valence-electron chi connectivity index (χ4n) is 2.76. The number of amides is 4. The molecule has 1 aromatic carbocycles. The predicted octanol–water partition coefficient (Wildman–Crippen LogP) is 0.476. The van der Waals surface area contributed by atoms with Crippen LogP contribution in [0.25, 0.3) is 0 Å². The van der Waals surface area contributed by atoms with Gasteiger partial charge in [-0.2, -0.15) is 0 Å². The highest BCUT2D eigenvalue weighted by atomic mass is 16.5. The van der Waals surface area contributed by atoms with Gasteiger partial charge in [-0.1, -0.05) is 0 Å². The lowest BCUT2D eigenvalue weighted by atomic mass is 10.2. The minimum absolute atomic E-state index is 0.0966.